The molecule has 0 bridgehead atoms. The van der Waals surface area contributed by atoms with Gasteiger partial charge in [-0.1, -0.05) is 5.21 Å². The minimum absolute atomic E-state index is 0.00373. The highest BCUT2D eigenvalue weighted by molar-refractivity contribution is 5.92. The van der Waals surface area contributed by atoms with Crippen molar-refractivity contribution in [2.45, 2.75) is 50.8 Å². The first-order valence-corrected chi connectivity index (χ1v) is 7.79. The third-order valence-electron chi connectivity index (χ3n) is 4.31. The van der Waals surface area contributed by atoms with Crippen molar-refractivity contribution >= 4 is 5.91 Å². The molecule has 2 N–H and O–H groups in total. The van der Waals surface area contributed by atoms with E-state index in [2.05, 4.69) is 20.9 Å². The molecular formula is C14H23N5O2. The van der Waals surface area contributed by atoms with Gasteiger partial charge in [0.1, 0.15) is 0 Å². The van der Waals surface area contributed by atoms with Gasteiger partial charge in [0.15, 0.2) is 5.69 Å². The number of piperidine rings is 1. The zero-order chi connectivity index (χ0) is 14.7. The van der Waals surface area contributed by atoms with Crippen molar-refractivity contribution in [3.8, 4) is 0 Å². The Kier molecular flexibility index (Phi) is 4.50. The molecule has 2 saturated heterocycles. The van der Waals surface area contributed by atoms with Crippen LogP contribution in [0.3, 0.4) is 0 Å². The first-order chi connectivity index (χ1) is 10.2. The van der Waals surface area contributed by atoms with Crippen LogP contribution < -0.4 is 10.6 Å². The Morgan fingerprint density at radius 2 is 2.29 bits per heavy atom. The molecule has 0 saturated carbocycles. The first kappa shape index (κ1) is 14.5. The smallest absolute Gasteiger partial charge is 0.273 e. The van der Waals surface area contributed by atoms with Crippen LogP contribution in [-0.2, 0) is 4.74 Å². The van der Waals surface area contributed by atoms with Crippen molar-refractivity contribution in [3.05, 3.63) is 11.9 Å². The number of aromatic nitrogens is 3. The molecule has 1 aromatic rings. The second-order valence-corrected chi connectivity index (χ2v) is 5.88. The number of hydrogen-bond acceptors (Lipinski definition) is 5. The molecule has 1 aromatic heterocycles. The van der Waals surface area contributed by atoms with E-state index in [-0.39, 0.29) is 18.1 Å². The van der Waals surface area contributed by atoms with E-state index >= 15 is 0 Å². The minimum Gasteiger partial charge on any atom is -0.376 e. The maximum absolute atomic E-state index is 12.2. The van der Waals surface area contributed by atoms with Gasteiger partial charge in [0.05, 0.1) is 24.4 Å². The van der Waals surface area contributed by atoms with Gasteiger partial charge in [-0.15, -0.1) is 5.10 Å². The van der Waals surface area contributed by atoms with Crippen LogP contribution in [-0.4, -0.2) is 52.7 Å². The second-order valence-electron chi connectivity index (χ2n) is 5.88. The van der Waals surface area contributed by atoms with E-state index in [0.29, 0.717) is 11.7 Å². The summed E-state index contributed by atoms with van der Waals surface area (Å²) < 4.78 is 7.41. The van der Waals surface area contributed by atoms with E-state index in [1.54, 1.807) is 6.20 Å². The van der Waals surface area contributed by atoms with Crippen LogP contribution in [0.2, 0.25) is 0 Å². The Morgan fingerprint density at radius 1 is 1.48 bits per heavy atom. The summed E-state index contributed by atoms with van der Waals surface area (Å²) in [4.78, 5) is 12.2. The number of nitrogens with one attached hydrogen (secondary N) is 2. The Balaban J connectivity index is 1.58. The summed E-state index contributed by atoms with van der Waals surface area (Å²) >= 11 is 0. The molecule has 116 valence electrons. The van der Waals surface area contributed by atoms with Gasteiger partial charge in [-0.25, -0.2) is 4.68 Å². The summed E-state index contributed by atoms with van der Waals surface area (Å²) in [5.74, 6) is -0.168. The predicted molar refractivity (Wildman–Crippen MR) is 77.1 cm³/mol. The Hall–Kier alpha value is -1.47. The van der Waals surface area contributed by atoms with Gasteiger partial charge < -0.3 is 15.4 Å². The van der Waals surface area contributed by atoms with Crippen molar-refractivity contribution in [3.63, 3.8) is 0 Å². The molecule has 7 heteroatoms. The SMILES string of the molecule is C[C@@H](NC(=O)c1cn(C2CCNCC2)nn1)[C@@H]1CCCO1. The van der Waals surface area contributed by atoms with Crippen molar-refractivity contribution in [2.24, 2.45) is 0 Å². The van der Waals surface area contributed by atoms with Crippen molar-refractivity contribution in [1.82, 2.24) is 25.6 Å². The Morgan fingerprint density at radius 3 is 3.00 bits per heavy atom. The van der Waals surface area contributed by atoms with Crippen LogP contribution in [0, 0.1) is 0 Å². The summed E-state index contributed by atoms with van der Waals surface area (Å²) in [7, 11) is 0. The molecule has 0 unspecified atom stereocenters. The van der Waals surface area contributed by atoms with Crippen LogP contribution in [0.1, 0.15) is 49.1 Å². The van der Waals surface area contributed by atoms with E-state index in [1.165, 1.54) is 0 Å². The van der Waals surface area contributed by atoms with Crippen LogP contribution in [0.25, 0.3) is 0 Å². The lowest BCUT2D eigenvalue weighted by molar-refractivity contribution is 0.0709. The molecule has 7 nitrogen and oxygen atoms in total. The molecule has 0 aromatic carbocycles. The highest BCUT2D eigenvalue weighted by Crippen LogP contribution is 2.18. The molecule has 3 heterocycles. The van der Waals surface area contributed by atoms with Crippen molar-refractivity contribution in [1.29, 1.82) is 0 Å². The van der Waals surface area contributed by atoms with E-state index in [1.807, 2.05) is 11.6 Å². The largest absolute Gasteiger partial charge is 0.376 e. The fourth-order valence-corrected chi connectivity index (χ4v) is 3.00. The first-order valence-electron chi connectivity index (χ1n) is 7.79. The Bertz CT molecular complexity index is 477. The third-order valence-corrected chi connectivity index (χ3v) is 4.31. The second kappa shape index (κ2) is 6.53. The molecule has 0 aliphatic carbocycles. The molecule has 2 atom stereocenters. The summed E-state index contributed by atoms with van der Waals surface area (Å²) in [6.45, 7) is 4.74. The van der Waals surface area contributed by atoms with Gasteiger partial charge in [0.2, 0.25) is 0 Å². The molecule has 3 rings (SSSR count). The number of amides is 1. The van der Waals surface area contributed by atoms with Crippen LogP contribution in [0.5, 0.6) is 0 Å². The summed E-state index contributed by atoms with van der Waals surface area (Å²) in [6, 6.07) is 0.347. The number of ether oxygens (including phenoxy) is 1. The molecule has 2 fully saturated rings. The number of carbonyl (C=O) groups excluding carboxylic acids is 1. The van der Waals surface area contributed by atoms with Crippen molar-refractivity contribution in [2.75, 3.05) is 19.7 Å². The zero-order valence-electron chi connectivity index (χ0n) is 12.4. The summed E-state index contributed by atoms with van der Waals surface area (Å²) in [5, 5.41) is 14.4. The summed E-state index contributed by atoms with van der Waals surface area (Å²) in [6.07, 6.45) is 5.99. The fraction of sp³-hybridized carbons (Fsp3) is 0.786. The maximum Gasteiger partial charge on any atom is 0.273 e. The third kappa shape index (κ3) is 3.41. The lowest BCUT2D eigenvalue weighted by Gasteiger charge is -2.22. The molecule has 0 radical (unpaired) electrons. The number of carbonyl (C=O) groups is 1. The van der Waals surface area contributed by atoms with Gasteiger partial charge in [-0.2, -0.15) is 0 Å². The molecule has 21 heavy (non-hydrogen) atoms. The van der Waals surface area contributed by atoms with E-state index in [4.69, 9.17) is 4.74 Å². The minimum atomic E-state index is -0.168. The zero-order valence-corrected chi connectivity index (χ0v) is 12.4. The monoisotopic (exact) mass is 293 g/mol. The van der Waals surface area contributed by atoms with E-state index in [9.17, 15) is 4.79 Å². The number of rotatable bonds is 4. The summed E-state index contributed by atoms with van der Waals surface area (Å²) in [5.41, 5.74) is 0.387. The van der Waals surface area contributed by atoms with Crippen LogP contribution in [0.15, 0.2) is 6.20 Å². The van der Waals surface area contributed by atoms with Gasteiger partial charge in [0.25, 0.3) is 5.91 Å². The fourth-order valence-electron chi connectivity index (χ4n) is 3.00. The van der Waals surface area contributed by atoms with Crippen LogP contribution in [0.4, 0.5) is 0 Å². The van der Waals surface area contributed by atoms with E-state index < -0.39 is 0 Å². The molecule has 1 amide bonds. The maximum atomic E-state index is 12.2. The van der Waals surface area contributed by atoms with Crippen molar-refractivity contribution < 1.29 is 9.53 Å². The molecule has 0 spiro atoms. The predicted octanol–water partition coefficient (Wildman–Crippen LogP) is 0.500. The number of hydrogen-bond donors (Lipinski definition) is 2. The van der Waals surface area contributed by atoms with Gasteiger partial charge in [-0.05, 0) is 45.7 Å². The Labute approximate surface area is 124 Å². The topological polar surface area (TPSA) is 81.1 Å². The van der Waals surface area contributed by atoms with Gasteiger partial charge in [0, 0.05) is 6.61 Å². The molecule has 2 aliphatic rings. The van der Waals surface area contributed by atoms with Crippen LogP contribution >= 0.6 is 0 Å². The molecular weight excluding hydrogens is 270 g/mol. The highest BCUT2D eigenvalue weighted by Gasteiger charge is 2.25. The highest BCUT2D eigenvalue weighted by atomic mass is 16.5. The normalized spacial score (nSPS) is 24.9. The van der Waals surface area contributed by atoms with E-state index in [0.717, 1.165) is 45.4 Å². The van der Waals surface area contributed by atoms with Gasteiger partial charge >= 0.3 is 0 Å². The molecule has 2 aliphatic heterocycles. The standard InChI is InChI=1S/C14H23N5O2/c1-10(13-3-2-8-21-13)16-14(20)12-9-19(18-17-12)11-4-6-15-7-5-11/h9-11,13,15H,2-8H2,1H3,(H,16,20)/t10-,13+/m1/s1. The quantitative estimate of drug-likeness (QED) is 0.845. The number of nitrogens with zero attached hydrogens (tertiary/aromatic N) is 3. The average molecular weight is 293 g/mol. The van der Waals surface area contributed by atoms with Gasteiger partial charge in [-0.3, -0.25) is 4.79 Å². The lowest BCUT2D eigenvalue weighted by atomic mass is 10.1. The average Bonchev–Trinajstić information content (AvgIpc) is 3.20. The lowest BCUT2D eigenvalue weighted by Crippen LogP contribution is -2.41.